The fourth-order valence-electron chi connectivity index (χ4n) is 1.18. The summed E-state index contributed by atoms with van der Waals surface area (Å²) < 4.78 is 0. The SMILES string of the molecule is C[Si](C)(C)C#Cc1ccc2n[nH]nc2c1. The fourth-order valence-corrected chi connectivity index (χ4v) is 1.70. The second-order valence-electron chi connectivity index (χ2n) is 4.53. The molecule has 0 aliphatic heterocycles. The van der Waals surface area contributed by atoms with Crippen molar-refractivity contribution in [3.8, 4) is 11.5 Å². The Labute approximate surface area is 89.9 Å². The van der Waals surface area contributed by atoms with Gasteiger partial charge in [-0.1, -0.05) is 25.6 Å². The van der Waals surface area contributed by atoms with E-state index in [4.69, 9.17) is 0 Å². The van der Waals surface area contributed by atoms with Gasteiger partial charge < -0.3 is 0 Å². The average molecular weight is 215 g/mol. The van der Waals surface area contributed by atoms with Crippen molar-refractivity contribution in [1.29, 1.82) is 0 Å². The fraction of sp³-hybridized carbons (Fsp3) is 0.273. The third-order valence-electron chi connectivity index (χ3n) is 1.90. The number of nitrogens with one attached hydrogen (secondary N) is 1. The van der Waals surface area contributed by atoms with E-state index in [0.29, 0.717) is 0 Å². The molecule has 0 spiro atoms. The van der Waals surface area contributed by atoms with Crippen molar-refractivity contribution in [3.63, 3.8) is 0 Å². The normalized spacial score (nSPS) is 11.1. The second-order valence-corrected chi connectivity index (χ2v) is 9.28. The summed E-state index contributed by atoms with van der Waals surface area (Å²) in [4.78, 5) is 0. The van der Waals surface area contributed by atoms with Gasteiger partial charge >= 0.3 is 0 Å². The van der Waals surface area contributed by atoms with Crippen molar-refractivity contribution >= 4 is 19.1 Å². The molecule has 1 heterocycles. The minimum Gasteiger partial charge on any atom is -0.197 e. The lowest BCUT2D eigenvalue weighted by molar-refractivity contribution is 0.959. The van der Waals surface area contributed by atoms with Gasteiger partial charge in [0.15, 0.2) is 0 Å². The van der Waals surface area contributed by atoms with Crippen molar-refractivity contribution in [1.82, 2.24) is 15.4 Å². The highest BCUT2D eigenvalue weighted by atomic mass is 28.3. The molecule has 0 unspecified atom stereocenters. The summed E-state index contributed by atoms with van der Waals surface area (Å²) in [6, 6.07) is 5.89. The Bertz CT molecular complexity index is 540. The predicted molar refractivity (Wildman–Crippen MR) is 64.1 cm³/mol. The lowest BCUT2D eigenvalue weighted by Gasteiger charge is -2.03. The maximum absolute atomic E-state index is 4.03. The molecule has 1 aromatic carbocycles. The molecule has 0 saturated carbocycles. The monoisotopic (exact) mass is 215 g/mol. The van der Waals surface area contributed by atoms with Crippen LogP contribution in [0, 0.1) is 11.5 Å². The van der Waals surface area contributed by atoms with E-state index in [9.17, 15) is 0 Å². The quantitative estimate of drug-likeness (QED) is 0.540. The van der Waals surface area contributed by atoms with E-state index < -0.39 is 8.07 Å². The molecule has 2 rings (SSSR count). The van der Waals surface area contributed by atoms with Crippen LogP contribution in [0.15, 0.2) is 18.2 Å². The first kappa shape index (κ1) is 9.93. The number of benzene rings is 1. The summed E-state index contributed by atoms with van der Waals surface area (Å²) >= 11 is 0. The van der Waals surface area contributed by atoms with Crippen molar-refractivity contribution < 1.29 is 0 Å². The minimum absolute atomic E-state index is 0.873. The maximum Gasteiger partial charge on any atom is 0.129 e. The van der Waals surface area contributed by atoms with Crippen LogP contribution in [0.3, 0.4) is 0 Å². The Morgan fingerprint density at radius 1 is 1.13 bits per heavy atom. The standard InChI is InChI=1S/C11H13N3Si/c1-15(2,3)7-6-9-4-5-10-11(8-9)13-14-12-10/h4-5,8H,1-3H3,(H,12,13,14). The van der Waals surface area contributed by atoms with Crippen molar-refractivity contribution in [2.75, 3.05) is 0 Å². The van der Waals surface area contributed by atoms with Crippen LogP contribution in [0.25, 0.3) is 11.0 Å². The van der Waals surface area contributed by atoms with Crippen LogP contribution in [-0.2, 0) is 0 Å². The molecular weight excluding hydrogens is 202 g/mol. The molecule has 0 aliphatic rings. The van der Waals surface area contributed by atoms with Crippen LogP contribution in [0.4, 0.5) is 0 Å². The molecule has 2 aromatic rings. The molecule has 1 N–H and O–H groups in total. The van der Waals surface area contributed by atoms with Crippen LogP contribution >= 0.6 is 0 Å². The lowest BCUT2D eigenvalue weighted by Crippen LogP contribution is -2.16. The van der Waals surface area contributed by atoms with E-state index in [1.165, 1.54) is 0 Å². The summed E-state index contributed by atoms with van der Waals surface area (Å²) in [5.41, 5.74) is 6.09. The van der Waals surface area contributed by atoms with Gasteiger partial charge in [-0.3, -0.25) is 0 Å². The van der Waals surface area contributed by atoms with Gasteiger partial charge in [0.2, 0.25) is 0 Å². The minimum atomic E-state index is -1.30. The summed E-state index contributed by atoms with van der Waals surface area (Å²) in [6.07, 6.45) is 0. The number of hydrogen-bond donors (Lipinski definition) is 1. The van der Waals surface area contributed by atoms with E-state index >= 15 is 0 Å². The van der Waals surface area contributed by atoms with Gasteiger partial charge in [0.25, 0.3) is 0 Å². The number of rotatable bonds is 0. The molecule has 0 amide bonds. The van der Waals surface area contributed by atoms with E-state index in [2.05, 4.69) is 46.5 Å². The number of nitrogens with zero attached hydrogens (tertiary/aromatic N) is 2. The van der Waals surface area contributed by atoms with Crippen molar-refractivity contribution in [2.24, 2.45) is 0 Å². The molecule has 0 atom stereocenters. The molecule has 3 nitrogen and oxygen atoms in total. The third kappa shape index (κ3) is 2.45. The highest BCUT2D eigenvalue weighted by Gasteiger charge is 2.07. The smallest absolute Gasteiger partial charge is 0.129 e. The Kier molecular flexibility index (Phi) is 2.33. The first-order chi connectivity index (χ1) is 7.04. The Balaban J connectivity index is 2.39. The van der Waals surface area contributed by atoms with E-state index in [0.717, 1.165) is 16.6 Å². The topological polar surface area (TPSA) is 41.6 Å². The number of H-pyrrole nitrogens is 1. The van der Waals surface area contributed by atoms with Crippen LogP contribution in [0.1, 0.15) is 5.56 Å². The largest absolute Gasteiger partial charge is 0.197 e. The summed E-state index contributed by atoms with van der Waals surface area (Å²) in [5, 5.41) is 10.6. The zero-order valence-corrected chi connectivity index (χ0v) is 10.1. The number of aromatic nitrogens is 3. The maximum atomic E-state index is 4.03. The molecule has 0 radical (unpaired) electrons. The number of aromatic amines is 1. The number of hydrogen-bond acceptors (Lipinski definition) is 2. The molecule has 1 aromatic heterocycles. The highest BCUT2D eigenvalue weighted by Crippen LogP contribution is 2.09. The molecule has 0 saturated heterocycles. The summed E-state index contributed by atoms with van der Waals surface area (Å²) in [7, 11) is -1.30. The molecule has 76 valence electrons. The van der Waals surface area contributed by atoms with Crippen LogP contribution < -0.4 is 0 Å². The van der Waals surface area contributed by atoms with Gasteiger partial charge in [0, 0.05) is 5.56 Å². The van der Waals surface area contributed by atoms with Gasteiger partial charge in [-0.2, -0.15) is 15.4 Å². The average Bonchev–Trinajstić information content (AvgIpc) is 2.60. The van der Waals surface area contributed by atoms with Crippen LogP contribution in [0.2, 0.25) is 19.6 Å². The number of fused-ring (bicyclic) bond motifs is 1. The van der Waals surface area contributed by atoms with Gasteiger partial charge in [-0.05, 0) is 18.2 Å². The summed E-state index contributed by atoms with van der Waals surface area (Å²) in [5.74, 6) is 3.20. The first-order valence-corrected chi connectivity index (χ1v) is 8.38. The predicted octanol–water partition coefficient (Wildman–Crippen LogP) is 2.19. The Morgan fingerprint density at radius 2 is 1.87 bits per heavy atom. The molecule has 4 heteroatoms. The highest BCUT2D eigenvalue weighted by molar-refractivity contribution is 6.83. The third-order valence-corrected chi connectivity index (χ3v) is 2.77. The van der Waals surface area contributed by atoms with Crippen LogP contribution in [0.5, 0.6) is 0 Å². The molecule has 0 fully saturated rings. The molecule has 15 heavy (non-hydrogen) atoms. The first-order valence-electron chi connectivity index (χ1n) is 4.88. The summed E-state index contributed by atoms with van der Waals surface area (Å²) in [6.45, 7) is 6.69. The van der Waals surface area contributed by atoms with Gasteiger partial charge in [0.05, 0.1) is 0 Å². The van der Waals surface area contributed by atoms with Gasteiger partial charge in [-0.15, -0.1) is 5.54 Å². The Morgan fingerprint density at radius 3 is 2.60 bits per heavy atom. The zero-order valence-electron chi connectivity index (χ0n) is 9.13. The van der Waals surface area contributed by atoms with Gasteiger partial charge in [0.1, 0.15) is 19.1 Å². The van der Waals surface area contributed by atoms with Gasteiger partial charge in [-0.25, -0.2) is 0 Å². The molecule has 0 aliphatic carbocycles. The van der Waals surface area contributed by atoms with Crippen LogP contribution in [-0.4, -0.2) is 23.5 Å². The second kappa shape index (κ2) is 3.52. The van der Waals surface area contributed by atoms with Crippen molar-refractivity contribution in [3.05, 3.63) is 23.8 Å². The van der Waals surface area contributed by atoms with E-state index in [-0.39, 0.29) is 0 Å². The van der Waals surface area contributed by atoms with Crippen molar-refractivity contribution in [2.45, 2.75) is 19.6 Å². The lowest BCUT2D eigenvalue weighted by atomic mass is 10.2. The molecular formula is C11H13N3Si. The zero-order chi connectivity index (χ0) is 10.9. The van der Waals surface area contributed by atoms with E-state index in [1.807, 2.05) is 18.2 Å². The Hall–Kier alpha value is -1.60. The van der Waals surface area contributed by atoms with E-state index in [1.54, 1.807) is 0 Å². The molecule has 0 bridgehead atoms.